The van der Waals surface area contributed by atoms with Crippen LogP contribution in [0.1, 0.15) is 0 Å². The summed E-state index contributed by atoms with van der Waals surface area (Å²) in [5.74, 6) is 0. The van der Waals surface area contributed by atoms with Crippen molar-refractivity contribution in [3.63, 3.8) is 0 Å². The number of rotatable bonds is 0. The number of diazo groups is 12. The minimum atomic E-state index is -5.64. The lowest BCUT2D eigenvalue weighted by Gasteiger charge is -2.15. The van der Waals surface area contributed by atoms with Crippen molar-refractivity contribution in [2.45, 2.75) is 0 Å². The summed E-state index contributed by atoms with van der Waals surface area (Å²) in [6.07, 6.45) is 0. The van der Waals surface area contributed by atoms with E-state index < -0.39 is 47.4 Å². The first-order chi connectivity index (χ1) is 59.2. The molecule has 0 aromatic heterocycles. The van der Waals surface area contributed by atoms with Gasteiger partial charge in [-0.1, -0.05) is 218 Å². The molecule has 0 fully saturated rings. The molecule has 0 unspecified atom stereocenters. The molecule has 648 valence electrons. The van der Waals surface area contributed by atoms with Gasteiger partial charge in [-0.15, -0.1) is 0 Å². The second kappa shape index (κ2) is 77.7. The van der Waals surface area contributed by atoms with Crippen LogP contribution in [-0.2, 0) is 27.4 Å². The number of hydrogen-bond acceptors (Lipinski definition) is 30. The lowest BCUT2D eigenvalue weighted by Crippen LogP contribution is -2.07. The van der Waals surface area contributed by atoms with E-state index in [0.717, 1.165) is 0 Å². The van der Waals surface area contributed by atoms with E-state index in [1.807, 2.05) is 218 Å². The summed E-state index contributed by atoms with van der Waals surface area (Å²) in [5.41, 5.74) is 7.08. The zero-order valence-corrected chi connectivity index (χ0v) is 69.0. The van der Waals surface area contributed by atoms with Gasteiger partial charge < -0.3 is 86.1 Å². The Labute approximate surface area is 712 Å². The van der Waals surface area contributed by atoms with E-state index in [9.17, 15) is 25.2 Å². The first-order valence-electron chi connectivity index (χ1n) is 32.3. The van der Waals surface area contributed by atoms with Crippen LogP contribution < -0.4 is 58.7 Å². The Balaban J connectivity index is -0.000000304. The van der Waals surface area contributed by atoms with Crippen LogP contribution in [0.5, 0.6) is 0 Å². The number of hydrogen-bond donors (Lipinski definition) is 0. The average molecular weight is 1850 g/mol. The SMILES string of the molecule is N#[N+]c1ccccc1.N#[N+]c1ccccc1.N#[N+]c1ccccc1.N#[N+]c1ccccc1.N#[N+]c1ccccc1.N#[N+]c1ccccc1.N#[N+]c1ccccc1.N#[N+]c1ccccc1.N#[N+]c1ccccc1.N#[N+]c1ccccc1.N#[N+]c1ccccc1.N#[N+]c1ccccc1.O=P([O-])([O-])F.O=P([O-])([O-])F.O=P([O-])([O-])F.O=P([O-])([O-])F.O=P([O-])([O-])F.O=P([O-])([O-])F. The number of benzene rings is 12. The average Bonchev–Trinajstić information content (AvgIpc) is 1.03. The Kier molecular flexibility index (Phi) is 74.7. The largest absolute Gasteiger partial charge is 0.786 e. The smallest absolute Gasteiger partial charge is 0.385 e. The van der Waals surface area contributed by atoms with E-state index in [-0.39, 0.29) is 0 Å². The summed E-state index contributed by atoms with van der Waals surface area (Å²) in [5, 5.41) is 98.0. The van der Waals surface area contributed by atoms with Crippen molar-refractivity contribution in [1.29, 1.82) is 64.7 Å². The standard InChI is InChI=1S/12C6H5N2.6FH2O3P/c12*7-8-6-4-2-1-3-5-6;6*1-5(2,3)4/h12*1-5H;6*(H2,2,3,4)/q12*+1;;;;;;/p-12. The van der Waals surface area contributed by atoms with Gasteiger partial charge in [0.15, 0.2) is 59.7 Å². The van der Waals surface area contributed by atoms with Gasteiger partial charge in [-0.3, -0.25) is 0 Å². The molecule has 12 aromatic carbocycles. The Bertz CT molecular complexity index is 4470. The first kappa shape index (κ1) is 121. The van der Waals surface area contributed by atoms with Crippen LogP contribution in [0.15, 0.2) is 364 Å². The summed E-state index contributed by atoms with van der Waals surface area (Å²) >= 11 is 0. The molecule has 0 aliphatic heterocycles. The van der Waals surface area contributed by atoms with Crippen LogP contribution in [-0.4, -0.2) is 0 Å². The van der Waals surface area contributed by atoms with Crippen molar-refractivity contribution in [1.82, 2.24) is 0 Å². The van der Waals surface area contributed by atoms with Gasteiger partial charge in [0.1, 0.15) is 47.4 Å². The molecule has 0 heterocycles. The lowest BCUT2D eigenvalue weighted by molar-refractivity contribution is -0.330. The molecular formula is C72H60F6N24O18P6. The van der Waals surface area contributed by atoms with Crippen molar-refractivity contribution in [3.05, 3.63) is 424 Å². The maximum Gasteiger partial charge on any atom is 0.385 e. The Morgan fingerprint density at radius 2 is 0.175 bits per heavy atom. The van der Waals surface area contributed by atoms with Crippen molar-refractivity contribution in [2.24, 2.45) is 0 Å². The number of nitrogens with zero attached hydrogens (tertiary/aromatic N) is 24. The van der Waals surface area contributed by atoms with Gasteiger partial charge in [0.25, 0.3) is 0 Å². The maximum atomic E-state index is 10.1. The zero-order valence-electron chi connectivity index (χ0n) is 63.7. The quantitative estimate of drug-likeness (QED) is 0.0773. The summed E-state index contributed by atoms with van der Waals surface area (Å²) in [6, 6.07) is 107. The van der Waals surface area contributed by atoms with Crippen LogP contribution in [0.3, 0.4) is 0 Å². The molecule has 0 bridgehead atoms. The van der Waals surface area contributed by atoms with Gasteiger partial charge in [0.2, 0.25) is 64.7 Å². The van der Waals surface area contributed by atoms with Gasteiger partial charge >= 0.3 is 68.2 Å². The van der Waals surface area contributed by atoms with E-state index in [4.69, 9.17) is 151 Å². The van der Waals surface area contributed by atoms with Crippen LogP contribution in [0, 0.1) is 64.7 Å². The van der Waals surface area contributed by atoms with E-state index in [1.54, 1.807) is 146 Å². The third kappa shape index (κ3) is 114. The van der Waals surface area contributed by atoms with Crippen LogP contribution in [0.4, 0.5) is 93.4 Å². The summed E-state index contributed by atoms with van der Waals surface area (Å²) < 4.78 is 111. The fourth-order valence-electron chi connectivity index (χ4n) is 5.94. The van der Waals surface area contributed by atoms with Gasteiger partial charge in [-0.05, 0) is 0 Å². The minimum Gasteiger partial charge on any atom is -0.786 e. The normalized spacial score (nSPS) is 8.81. The molecule has 0 aliphatic rings. The van der Waals surface area contributed by atoms with Gasteiger partial charge in [0, 0.05) is 146 Å². The van der Waals surface area contributed by atoms with Crippen molar-refractivity contribution in [3.8, 4) is 0 Å². The maximum absolute atomic E-state index is 10.1. The van der Waals surface area contributed by atoms with Gasteiger partial charge in [0.05, 0.1) is 0 Å². The molecule has 0 radical (unpaired) electrons. The van der Waals surface area contributed by atoms with Gasteiger partial charge in [-0.2, -0.15) is 0 Å². The molecule has 12 aromatic rings. The minimum absolute atomic E-state index is 0.590. The van der Waals surface area contributed by atoms with Crippen LogP contribution >= 0.6 is 47.4 Å². The van der Waals surface area contributed by atoms with Crippen molar-refractivity contribution >= 4 is 116 Å². The van der Waals surface area contributed by atoms with E-state index in [2.05, 4.69) is 59.7 Å². The molecule has 0 N–H and O–H groups in total. The highest BCUT2D eigenvalue weighted by molar-refractivity contribution is 7.43. The topological polar surface area (TPSA) is 717 Å². The second-order valence-corrected chi connectivity index (χ2v) is 25.0. The first-order valence-corrected chi connectivity index (χ1v) is 40.9. The number of halogens is 6. The highest BCUT2D eigenvalue weighted by atomic mass is 31.2. The molecule has 0 saturated heterocycles. The molecule has 0 saturated carbocycles. The zero-order chi connectivity index (χ0) is 96.8. The summed E-state index contributed by atoms with van der Waals surface area (Å²) in [7, 11) is -33.8. The molecule has 0 amide bonds. The lowest BCUT2D eigenvalue weighted by atomic mass is 10.3. The third-order valence-electron chi connectivity index (χ3n) is 10.5. The van der Waals surface area contributed by atoms with E-state index in [0.29, 0.717) is 68.2 Å². The summed E-state index contributed by atoms with van der Waals surface area (Å²) in [4.78, 5) is 137. The summed E-state index contributed by atoms with van der Waals surface area (Å²) in [6.45, 7) is 0. The van der Waals surface area contributed by atoms with Gasteiger partial charge in [-0.25, -0.2) is 25.2 Å². The Hall–Kier alpha value is -15.8. The molecule has 0 aliphatic carbocycles. The molecule has 12 rings (SSSR count). The molecule has 0 spiro atoms. The van der Waals surface area contributed by atoms with Crippen LogP contribution in [0.25, 0.3) is 59.7 Å². The Morgan fingerprint density at radius 3 is 0.198 bits per heavy atom. The van der Waals surface area contributed by atoms with Crippen LogP contribution in [0.2, 0.25) is 0 Å². The fraction of sp³-hybridized carbons (Fsp3) is 0. The third-order valence-corrected chi connectivity index (χ3v) is 10.5. The Morgan fingerprint density at radius 1 is 0.135 bits per heavy atom. The molecule has 0 atom stereocenters. The molecular weight excluding hydrogens is 1790 g/mol. The molecule has 42 nitrogen and oxygen atoms in total. The molecule has 126 heavy (non-hydrogen) atoms. The highest BCUT2D eigenvalue weighted by Gasteiger charge is 2.03. The second-order valence-electron chi connectivity index (χ2n) is 19.8. The van der Waals surface area contributed by atoms with Crippen molar-refractivity contribution < 1.29 is 111 Å². The van der Waals surface area contributed by atoms with E-state index >= 15 is 0 Å². The van der Waals surface area contributed by atoms with E-state index in [1.165, 1.54) is 0 Å². The fourth-order valence-corrected chi connectivity index (χ4v) is 5.94. The van der Waals surface area contributed by atoms with Crippen molar-refractivity contribution in [2.75, 3.05) is 0 Å². The predicted octanol–water partition coefficient (Wildman–Crippen LogP) is 18.8. The monoisotopic (exact) mass is 1850 g/mol. The highest BCUT2D eigenvalue weighted by Crippen LogP contribution is 2.26. The predicted molar refractivity (Wildman–Crippen MR) is 427 cm³/mol. The molecule has 54 heteroatoms.